The smallest absolute Gasteiger partial charge is 0.425 e. The standard InChI is InChI=1S/C15H15NO5S/c1-22(19,20)16(15(17)18)13-8-5-9-14(10-13)21-11-12-6-3-2-4-7-12/h2-10H,11H2,1H3,(H,17,18). The second-order valence-corrected chi connectivity index (χ2v) is 6.41. The van der Waals surface area contributed by atoms with Crippen LogP contribution in [-0.4, -0.2) is 25.9 Å². The van der Waals surface area contributed by atoms with Crippen LogP contribution in [0.5, 0.6) is 5.75 Å². The minimum absolute atomic E-state index is 0.0144. The number of benzene rings is 2. The Morgan fingerprint density at radius 1 is 1.14 bits per heavy atom. The highest BCUT2D eigenvalue weighted by atomic mass is 32.2. The summed E-state index contributed by atoms with van der Waals surface area (Å²) >= 11 is 0. The molecule has 6 nitrogen and oxygen atoms in total. The number of carboxylic acid groups (broad SMARTS) is 1. The van der Waals surface area contributed by atoms with Gasteiger partial charge in [0.2, 0.25) is 10.0 Å². The molecule has 2 rings (SSSR count). The van der Waals surface area contributed by atoms with Crippen molar-refractivity contribution in [1.82, 2.24) is 0 Å². The normalized spacial score (nSPS) is 11.0. The third-order valence-electron chi connectivity index (χ3n) is 2.81. The van der Waals surface area contributed by atoms with Crippen LogP contribution in [0.3, 0.4) is 0 Å². The topological polar surface area (TPSA) is 83.9 Å². The van der Waals surface area contributed by atoms with Crippen molar-refractivity contribution >= 4 is 21.8 Å². The van der Waals surface area contributed by atoms with Crippen molar-refractivity contribution in [1.29, 1.82) is 0 Å². The van der Waals surface area contributed by atoms with Crippen molar-refractivity contribution in [2.45, 2.75) is 6.61 Å². The highest BCUT2D eigenvalue weighted by Gasteiger charge is 2.24. The van der Waals surface area contributed by atoms with E-state index in [1.807, 2.05) is 30.3 Å². The summed E-state index contributed by atoms with van der Waals surface area (Å²) in [6.07, 6.45) is -0.735. The molecule has 1 N–H and O–H groups in total. The Hall–Kier alpha value is -2.54. The molecule has 0 spiro atoms. The number of sulfonamides is 1. The van der Waals surface area contributed by atoms with Crippen LogP contribution >= 0.6 is 0 Å². The molecule has 0 saturated heterocycles. The Balaban J connectivity index is 2.21. The van der Waals surface area contributed by atoms with E-state index in [4.69, 9.17) is 9.84 Å². The second-order valence-electron chi connectivity index (χ2n) is 4.58. The summed E-state index contributed by atoms with van der Waals surface area (Å²) in [6, 6.07) is 15.4. The molecule has 0 atom stereocenters. The van der Waals surface area contributed by atoms with Crippen LogP contribution in [0.1, 0.15) is 5.56 Å². The summed E-state index contributed by atoms with van der Waals surface area (Å²) in [6.45, 7) is 0.302. The summed E-state index contributed by atoms with van der Waals surface area (Å²) in [5.74, 6) is 0.385. The van der Waals surface area contributed by atoms with Crippen molar-refractivity contribution in [2.24, 2.45) is 0 Å². The maximum Gasteiger partial charge on any atom is 0.425 e. The molecule has 22 heavy (non-hydrogen) atoms. The number of hydrogen-bond donors (Lipinski definition) is 1. The molecule has 7 heteroatoms. The van der Waals surface area contributed by atoms with Gasteiger partial charge in [-0.25, -0.2) is 13.2 Å². The van der Waals surface area contributed by atoms with Crippen molar-refractivity contribution in [3.63, 3.8) is 0 Å². The Labute approximate surface area is 128 Å². The molecule has 0 aliphatic rings. The van der Waals surface area contributed by atoms with Gasteiger partial charge in [-0.15, -0.1) is 0 Å². The first-order chi connectivity index (χ1) is 10.4. The average Bonchev–Trinajstić information content (AvgIpc) is 2.45. The van der Waals surface area contributed by atoms with E-state index in [2.05, 4.69) is 0 Å². The first-order valence-corrected chi connectivity index (χ1v) is 8.23. The van der Waals surface area contributed by atoms with Crippen LogP contribution in [-0.2, 0) is 16.6 Å². The third-order valence-corrected chi connectivity index (χ3v) is 3.84. The fourth-order valence-corrected chi connectivity index (χ4v) is 2.66. The molecule has 0 aliphatic heterocycles. The van der Waals surface area contributed by atoms with Gasteiger partial charge < -0.3 is 9.84 Å². The molecule has 0 bridgehead atoms. The van der Waals surface area contributed by atoms with Crippen molar-refractivity contribution in [3.05, 3.63) is 60.2 Å². The van der Waals surface area contributed by atoms with Crippen LogP contribution in [0, 0.1) is 0 Å². The number of ether oxygens (including phenoxy) is 1. The number of nitrogens with zero attached hydrogens (tertiary/aromatic N) is 1. The third kappa shape index (κ3) is 3.98. The molecule has 0 unspecified atom stereocenters. The van der Waals surface area contributed by atoms with Gasteiger partial charge in [0.1, 0.15) is 12.4 Å². The van der Waals surface area contributed by atoms with Gasteiger partial charge in [0.05, 0.1) is 11.9 Å². The van der Waals surface area contributed by atoms with Crippen LogP contribution in [0.4, 0.5) is 10.5 Å². The molecule has 0 radical (unpaired) electrons. The lowest BCUT2D eigenvalue weighted by Crippen LogP contribution is -2.34. The van der Waals surface area contributed by atoms with E-state index in [-0.39, 0.29) is 5.69 Å². The van der Waals surface area contributed by atoms with E-state index in [1.165, 1.54) is 18.2 Å². The molecule has 0 fully saturated rings. The van der Waals surface area contributed by atoms with Gasteiger partial charge in [-0.05, 0) is 17.7 Å². The summed E-state index contributed by atoms with van der Waals surface area (Å²) < 4.78 is 29.0. The highest BCUT2D eigenvalue weighted by Crippen LogP contribution is 2.24. The zero-order valence-electron chi connectivity index (χ0n) is 11.8. The van der Waals surface area contributed by atoms with Gasteiger partial charge in [0.15, 0.2) is 0 Å². The van der Waals surface area contributed by atoms with Crippen molar-refractivity contribution < 1.29 is 23.1 Å². The van der Waals surface area contributed by atoms with E-state index in [0.717, 1.165) is 11.8 Å². The molecule has 116 valence electrons. The minimum atomic E-state index is -3.92. The maximum absolute atomic E-state index is 11.6. The minimum Gasteiger partial charge on any atom is -0.489 e. The number of hydrogen-bond acceptors (Lipinski definition) is 4. The number of amides is 1. The van der Waals surface area contributed by atoms with Crippen LogP contribution in [0.2, 0.25) is 0 Å². The SMILES string of the molecule is CS(=O)(=O)N(C(=O)O)c1cccc(OCc2ccccc2)c1. The van der Waals surface area contributed by atoms with E-state index >= 15 is 0 Å². The average molecular weight is 321 g/mol. The fourth-order valence-electron chi connectivity index (χ4n) is 1.88. The molecular formula is C15H15NO5S. The fraction of sp³-hybridized carbons (Fsp3) is 0.133. The summed E-state index contributed by atoms with van der Waals surface area (Å²) in [4.78, 5) is 11.1. The lowest BCUT2D eigenvalue weighted by molar-refractivity contribution is 0.206. The van der Waals surface area contributed by atoms with Crippen molar-refractivity contribution in [3.8, 4) is 5.75 Å². The van der Waals surface area contributed by atoms with Crippen LogP contribution in [0.25, 0.3) is 0 Å². The predicted octanol–water partition coefficient (Wildman–Crippen LogP) is 2.71. The Kier molecular flexibility index (Phi) is 4.67. The van der Waals surface area contributed by atoms with E-state index in [0.29, 0.717) is 16.7 Å². The molecule has 2 aromatic rings. The lowest BCUT2D eigenvalue weighted by atomic mass is 10.2. The van der Waals surface area contributed by atoms with Crippen LogP contribution < -0.4 is 9.04 Å². The molecule has 2 aromatic carbocycles. The molecule has 0 aliphatic carbocycles. The maximum atomic E-state index is 11.6. The highest BCUT2D eigenvalue weighted by molar-refractivity contribution is 7.92. The van der Waals surface area contributed by atoms with Crippen molar-refractivity contribution in [2.75, 3.05) is 10.6 Å². The zero-order valence-corrected chi connectivity index (χ0v) is 12.7. The molecule has 1 amide bonds. The second kappa shape index (κ2) is 6.48. The number of anilines is 1. The molecular weight excluding hydrogens is 306 g/mol. The first-order valence-electron chi connectivity index (χ1n) is 6.38. The molecule has 0 saturated carbocycles. The number of carbonyl (C=O) groups is 1. The summed E-state index contributed by atoms with van der Waals surface area (Å²) in [7, 11) is -3.92. The van der Waals surface area contributed by atoms with Gasteiger partial charge in [0, 0.05) is 6.07 Å². The van der Waals surface area contributed by atoms with Gasteiger partial charge in [-0.1, -0.05) is 36.4 Å². The Bertz CT molecular complexity index is 759. The zero-order chi connectivity index (χ0) is 16.2. The molecule has 0 heterocycles. The lowest BCUT2D eigenvalue weighted by Gasteiger charge is -2.17. The molecule has 0 aromatic heterocycles. The summed E-state index contributed by atoms with van der Waals surface area (Å²) in [5, 5.41) is 9.07. The van der Waals surface area contributed by atoms with Gasteiger partial charge >= 0.3 is 6.09 Å². The van der Waals surface area contributed by atoms with Gasteiger partial charge in [-0.2, -0.15) is 4.31 Å². The quantitative estimate of drug-likeness (QED) is 0.915. The number of rotatable bonds is 5. The largest absolute Gasteiger partial charge is 0.489 e. The predicted molar refractivity (Wildman–Crippen MR) is 82.6 cm³/mol. The van der Waals surface area contributed by atoms with E-state index < -0.39 is 16.1 Å². The first kappa shape index (κ1) is 15.8. The Morgan fingerprint density at radius 2 is 1.82 bits per heavy atom. The van der Waals surface area contributed by atoms with Gasteiger partial charge in [-0.3, -0.25) is 0 Å². The van der Waals surface area contributed by atoms with Crippen LogP contribution in [0.15, 0.2) is 54.6 Å². The monoisotopic (exact) mass is 321 g/mol. The van der Waals surface area contributed by atoms with E-state index in [9.17, 15) is 13.2 Å². The van der Waals surface area contributed by atoms with Gasteiger partial charge in [0.25, 0.3) is 0 Å². The Morgan fingerprint density at radius 3 is 2.41 bits per heavy atom. The van der Waals surface area contributed by atoms with E-state index in [1.54, 1.807) is 6.07 Å². The summed E-state index contributed by atoms with van der Waals surface area (Å²) in [5.41, 5.74) is 0.965.